The molecule has 0 atom stereocenters. The van der Waals surface area contributed by atoms with Gasteiger partial charge < -0.3 is 4.57 Å². The quantitative estimate of drug-likeness (QED) is 0.501. The maximum absolute atomic E-state index is 6.17. The number of benzene rings is 2. The second-order valence-electron chi connectivity index (χ2n) is 4.68. The van der Waals surface area contributed by atoms with E-state index in [0.717, 1.165) is 21.6 Å². The van der Waals surface area contributed by atoms with Crippen molar-refractivity contribution in [2.24, 2.45) is 17.3 Å². The number of fused-ring (bicyclic) bond motifs is 1. The van der Waals surface area contributed by atoms with Crippen molar-refractivity contribution < 1.29 is 0 Å². The van der Waals surface area contributed by atoms with Crippen LogP contribution in [0.4, 0.5) is 0 Å². The first-order chi connectivity index (χ1) is 10.2. The minimum absolute atomic E-state index is 0.690. The highest BCUT2D eigenvalue weighted by Crippen LogP contribution is 2.17. The number of thiazole rings is 1. The van der Waals surface area contributed by atoms with Gasteiger partial charge in [0.05, 0.1) is 15.9 Å². The van der Waals surface area contributed by atoms with Crippen LogP contribution < -0.4 is 4.80 Å². The van der Waals surface area contributed by atoms with E-state index in [1.807, 2.05) is 54.9 Å². The van der Waals surface area contributed by atoms with E-state index in [1.54, 1.807) is 11.3 Å². The fourth-order valence-electron chi connectivity index (χ4n) is 2.10. The summed E-state index contributed by atoms with van der Waals surface area (Å²) in [7, 11) is 2.00. The zero-order valence-corrected chi connectivity index (χ0v) is 13.3. The van der Waals surface area contributed by atoms with Crippen molar-refractivity contribution in [1.29, 1.82) is 0 Å². The maximum atomic E-state index is 6.17. The smallest absolute Gasteiger partial charge is 0.211 e. The number of nitrogens with zero attached hydrogens (tertiary/aromatic N) is 3. The van der Waals surface area contributed by atoms with Gasteiger partial charge in [-0.1, -0.05) is 53.3 Å². The summed E-state index contributed by atoms with van der Waals surface area (Å²) in [6.45, 7) is 1.91. The first-order valence-corrected chi connectivity index (χ1v) is 7.74. The van der Waals surface area contributed by atoms with Crippen LogP contribution in [-0.2, 0) is 7.05 Å². The van der Waals surface area contributed by atoms with E-state index in [2.05, 4.69) is 22.3 Å². The van der Waals surface area contributed by atoms with Gasteiger partial charge >= 0.3 is 0 Å². The molecule has 0 aliphatic rings. The summed E-state index contributed by atoms with van der Waals surface area (Å²) in [5, 5.41) is 9.39. The van der Waals surface area contributed by atoms with Gasteiger partial charge in [-0.15, -0.1) is 5.10 Å². The molecule has 0 N–H and O–H groups in total. The van der Waals surface area contributed by atoms with Gasteiger partial charge in [0.1, 0.15) is 0 Å². The van der Waals surface area contributed by atoms with Gasteiger partial charge in [0.25, 0.3) is 0 Å². The molecule has 1 aromatic heterocycles. The zero-order chi connectivity index (χ0) is 14.8. The van der Waals surface area contributed by atoms with Crippen LogP contribution in [0.1, 0.15) is 12.5 Å². The summed E-state index contributed by atoms with van der Waals surface area (Å²) < 4.78 is 3.24. The Morgan fingerprint density at radius 2 is 1.81 bits per heavy atom. The van der Waals surface area contributed by atoms with Crippen molar-refractivity contribution in [2.75, 3.05) is 0 Å². The fourth-order valence-corrected chi connectivity index (χ4v) is 3.35. The molecule has 0 spiro atoms. The summed E-state index contributed by atoms with van der Waals surface area (Å²) in [5.74, 6) is 0. The number of rotatable bonds is 2. The van der Waals surface area contributed by atoms with Gasteiger partial charge in [-0.2, -0.15) is 5.10 Å². The van der Waals surface area contributed by atoms with Crippen molar-refractivity contribution in [2.45, 2.75) is 6.92 Å². The topological polar surface area (TPSA) is 29.6 Å². The molecule has 0 saturated heterocycles. The van der Waals surface area contributed by atoms with Crippen LogP contribution >= 0.6 is 22.9 Å². The van der Waals surface area contributed by atoms with Crippen LogP contribution in [0.3, 0.4) is 0 Å². The Morgan fingerprint density at radius 1 is 1.10 bits per heavy atom. The highest BCUT2D eigenvalue weighted by atomic mass is 35.5. The lowest BCUT2D eigenvalue weighted by atomic mass is 10.1. The predicted molar refractivity (Wildman–Crippen MR) is 90.0 cm³/mol. The molecule has 5 heteroatoms. The van der Waals surface area contributed by atoms with Gasteiger partial charge in [-0.25, -0.2) is 0 Å². The van der Waals surface area contributed by atoms with Crippen molar-refractivity contribution >= 4 is 38.9 Å². The highest BCUT2D eigenvalue weighted by Gasteiger charge is 2.03. The second kappa shape index (κ2) is 5.84. The Kier molecular flexibility index (Phi) is 3.90. The molecule has 0 bridgehead atoms. The number of aromatic nitrogens is 1. The molecule has 0 aliphatic carbocycles. The Labute approximate surface area is 131 Å². The van der Waals surface area contributed by atoms with Crippen LogP contribution in [0.15, 0.2) is 58.7 Å². The average molecular weight is 316 g/mol. The first-order valence-electron chi connectivity index (χ1n) is 6.54. The predicted octanol–water partition coefficient (Wildman–Crippen LogP) is 4.22. The number of halogens is 1. The molecule has 106 valence electrons. The largest absolute Gasteiger partial charge is 0.318 e. The Morgan fingerprint density at radius 3 is 2.57 bits per heavy atom. The maximum Gasteiger partial charge on any atom is 0.211 e. The molecular formula is C16H14ClN3S. The highest BCUT2D eigenvalue weighted by molar-refractivity contribution is 7.16. The third-order valence-corrected chi connectivity index (χ3v) is 4.70. The fraction of sp³-hybridized carbons (Fsp3) is 0.125. The monoisotopic (exact) mass is 315 g/mol. The molecule has 3 nitrogen and oxygen atoms in total. The molecule has 0 saturated carbocycles. The Bertz CT molecular complexity index is 890. The van der Waals surface area contributed by atoms with E-state index in [9.17, 15) is 0 Å². The van der Waals surface area contributed by atoms with Crippen molar-refractivity contribution in [1.82, 2.24) is 4.57 Å². The molecule has 0 radical (unpaired) electrons. The lowest BCUT2D eigenvalue weighted by molar-refractivity contribution is 0.888. The van der Waals surface area contributed by atoms with Crippen LogP contribution in [-0.4, -0.2) is 10.3 Å². The van der Waals surface area contributed by atoms with E-state index in [0.29, 0.717) is 5.02 Å². The number of hydrogen-bond donors (Lipinski definition) is 0. The standard InChI is InChI=1S/C16H14ClN3S/c1-11(12-7-3-4-8-13(12)17)18-19-16-20(2)14-9-5-6-10-15(14)21-16/h3-10H,1-2H3/b18-11-,19-16+. The lowest BCUT2D eigenvalue weighted by Crippen LogP contribution is -2.09. The van der Waals surface area contributed by atoms with Gasteiger partial charge in [0, 0.05) is 17.6 Å². The number of aryl methyl sites for hydroxylation is 1. The van der Waals surface area contributed by atoms with Crippen LogP contribution in [0, 0.1) is 0 Å². The molecule has 0 unspecified atom stereocenters. The number of para-hydroxylation sites is 1. The van der Waals surface area contributed by atoms with Crippen molar-refractivity contribution in [3.63, 3.8) is 0 Å². The minimum Gasteiger partial charge on any atom is -0.318 e. The van der Waals surface area contributed by atoms with E-state index < -0.39 is 0 Å². The summed E-state index contributed by atoms with van der Waals surface area (Å²) >= 11 is 7.79. The van der Waals surface area contributed by atoms with Crippen molar-refractivity contribution in [3.05, 3.63) is 63.9 Å². The SMILES string of the molecule is C/C(=N/N=c1/sc2ccccc2n1C)c1ccccc1Cl. The lowest BCUT2D eigenvalue weighted by Gasteiger charge is -2.00. The molecule has 2 aromatic carbocycles. The average Bonchev–Trinajstić information content (AvgIpc) is 2.82. The molecule has 1 heterocycles. The molecule has 0 amide bonds. The number of hydrogen-bond acceptors (Lipinski definition) is 3. The molecule has 0 aliphatic heterocycles. The first kappa shape index (κ1) is 14.0. The Balaban J connectivity index is 2.07. The van der Waals surface area contributed by atoms with Crippen LogP contribution in [0.2, 0.25) is 5.02 Å². The van der Waals surface area contributed by atoms with E-state index >= 15 is 0 Å². The summed E-state index contributed by atoms with van der Waals surface area (Å²) in [5.41, 5.74) is 2.87. The van der Waals surface area contributed by atoms with Crippen LogP contribution in [0.25, 0.3) is 10.2 Å². The molecule has 0 fully saturated rings. The molecular weight excluding hydrogens is 302 g/mol. The van der Waals surface area contributed by atoms with E-state index in [-0.39, 0.29) is 0 Å². The molecule has 3 rings (SSSR count). The minimum atomic E-state index is 0.690. The second-order valence-corrected chi connectivity index (χ2v) is 6.09. The molecule has 21 heavy (non-hydrogen) atoms. The Hall–Kier alpha value is -1.91. The van der Waals surface area contributed by atoms with Gasteiger partial charge in [-0.05, 0) is 25.1 Å². The summed E-state index contributed by atoms with van der Waals surface area (Å²) in [6, 6.07) is 15.9. The van der Waals surface area contributed by atoms with Gasteiger partial charge in [-0.3, -0.25) is 0 Å². The van der Waals surface area contributed by atoms with Crippen molar-refractivity contribution in [3.8, 4) is 0 Å². The summed E-state index contributed by atoms with van der Waals surface area (Å²) in [6.07, 6.45) is 0. The van der Waals surface area contributed by atoms with Gasteiger partial charge in [0.2, 0.25) is 4.80 Å². The third kappa shape index (κ3) is 2.77. The normalized spacial score (nSPS) is 13.1. The van der Waals surface area contributed by atoms with Gasteiger partial charge in [0.15, 0.2) is 0 Å². The molecule has 3 aromatic rings. The zero-order valence-electron chi connectivity index (χ0n) is 11.7. The van der Waals surface area contributed by atoms with E-state index in [1.165, 1.54) is 4.70 Å². The summed E-state index contributed by atoms with van der Waals surface area (Å²) in [4.78, 5) is 0.864. The van der Waals surface area contributed by atoms with Crippen LogP contribution in [0.5, 0.6) is 0 Å². The third-order valence-electron chi connectivity index (χ3n) is 3.26. The van der Waals surface area contributed by atoms with E-state index in [4.69, 9.17) is 11.6 Å².